The lowest BCUT2D eigenvalue weighted by Gasteiger charge is -2.25. The highest BCUT2D eigenvalue weighted by molar-refractivity contribution is 9.10. The maximum Gasteiger partial charge on any atom is 0.290 e. The van der Waals surface area contributed by atoms with Crippen LogP contribution in [0.5, 0.6) is 5.75 Å². The molecule has 4 rings (SSSR count). The first kappa shape index (κ1) is 17.8. The number of carbonyl (C=O) groups excluding carboxylic acids is 1. The number of β-amino-alcohol motifs (C(OH)–C–C–N with tert-alkyl or cyclic N) is 1. The van der Waals surface area contributed by atoms with E-state index in [1.54, 1.807) is 30.3 Å². The maximum atomic E-state index is 13.3. The molecular formula is C20H16BrNO5. The standard InChI is InChI=1S/C20H16BrNO5/c1-26-14-5-3-2-4-12(14)17-16-18(24)13-10-11(21)6-7-15(13)27-19(16)20(25)22(17)8-9-23/h2-7,10,17,23H,8-9H2,1H3/t17-/m1/s1. The molecule has 0 unspecified atom stereocenters. The van der Waals surface area contributed by atoms with Crippen molar-refractivity contribution in [1.82, 2.24) is 4.90 Å². The van der Waals surface area contributed by atoms with E-state index in [0.717, 1.165) is 4.47 Å². The van der Waals surface area contributed by atoms with Crippen molar-refractivity contribution in [2.75, 3.05) is 20.3 Å². The van der Waals surface area contributed by atoms with Crippen LogP contribution < -0.4 is 10.2 Å². The summed E-state index contributed by atoms with van der Waals surface area (Å²) >= 11 is 3.37. The molecule has 0 bridgehead atoms. The van der Waals surface area contributed by atoms with Crippen LogP contribution in [0.3, 0.4) is 0 Å². The topological polar surface area (TPSA) is 80.0 Å². The Morgan fingerprint density at radius 1 is 1.22 bits per heavy atom. The number of methoxy groups -OCH3 is 1. The molecule has 0 fully saturated rings. The first-order valence-electron chi connectivity index (χ1n) is 8.37. The van der Waals surface area contributed by atoms with Gasteiger partial charge in [-0.1, -0.05) is 34.1 Å². The number of aliphatic hydroxyl groups is 1. The van der Waals surface area contributed by atoms with E-state index in [1.165, 1.54) is 12.0 Å². The van der Waals surface area contributed by atoms with Gasteiger partial charge in [-0.2, -0.15) is 0 Å². The molecule has 1 aromatic heterocycles. The van der Waals surface area contributed by atoms with Gasteiger partial charge in [0, 0.05) is 16.6 Å². The molecule has 0 aliphatic carbocycles. The van der Waals surface area contributed by atoms with Gasteiger partial charge in [0.2, 0.25) is 5.76 Å². The second-order valence-corrected chi connectivity index (χ2v) is 7.10. The summed E-state index contributed by atoms with van der Waals surface area (Å²) in [6, 6.07) is 11.6. The number of para-hydroxylation sites is 1. The summed E-state index contributed by atoms with van der Waals surface area (Å²) in [5, 5.41) is 9.86. The van der Waals surface area contributed by atoms with Crippen molar-refractivity contribution in [3.8, 4) is 5.75 Å². The number of rotatable bonds is 4. The Morgan fingerprint density at radius 3 is 2.74 bits per heavy atom. The zero-order valence-corrected chi connectivity index (χ0v) is 16.0. The highest BCUT2D eigenvalue weighted by atomic mass is 79.9. The molecule has 0 saturated carbocycles. The largest absolute Gasteiger partial charge is 0.496 e. The number of halogens is 1. The van der Waals surface area contributed by atoms with Crippen LogP contribution in [-0.2, 0) is 0 Å². The van der Waals surface area contributed by atoms with Crippen LogP contribution in [0.4, 0.5) is 0 Å². The van der Waals surface area contributed by atoms with Crippen molar-refractivity contribution in [2.24, 2.45) is 0 Å². The van der Waals surface area contributed by atoms with Crippen LogP contribution in [0.15, 0.2) is 56.1 Å². The first-order valence-corrected chi connectivity index (χ1v) is 9.17. The molecule has 2 heterocycles. The van der Waals surface area contributed by atoms with Crippen molar-refractivity contribution >= 4 is 32.8 Å². The average molecular weight is 430 g/mol. The number of aliphatic hydroxyl groups excluding tert-OH is 1. The Bertz CT molecular complexity index is 1110. The number of ether oxygens (including phenoxy) is 1. The van der Waals surface area contributed by atoms with Crippen molar-refractivity contribution in [2.45, 2.75) is 6.04 Å². The van der Waals surface area contributed by atoms with E-state index < -0.39 is 11.9 Å². The molecule has 6 nitrogen and oxygen atoms in total. The second kappa shape index (κ2) is 6.83. The molecule has 27 heavy (non-hydrogen) atoms. The molecule has 3 aromatic rings. The quantitative estimate of drug-likeness (QED) is 0.688. The highest BCUT2D eigenvalue weighted by Gasteiger charge is 2.43. The lowest BCUT2D eigenvalue weighted by atomic mass is 9.97. The molecule has 0 radical (unpaired) electrons. The van der Waals surface area contributed by atoms with E-state index in [1.807, 2.05) is 12.1 Å². The molecule has 7 heteroatoms. The monoisotopic (exact) mass is 429 g/mol. The minimum absolute atomic E-state index is 0.0131. The van der Waals surface area contributed by atoms with Gasteiger partial charge in [-0.05, 0) is 24.3 Å². The molecule has 1 N–H and O–H groups in total. The first-order chi connectivity index (χ1) is 13.1. The Morgan fingerprint density at radius 2 is 2.00 bits per heavy atom. The zero-order valence-electron chi connectivity index (χ0n) is 14.4. The van der Waals surface area contributed by atoms with Crippen LogP contribution in [0.2, 0.25) is 0 Å². The van der Waals surface area contributed by atoms with Crippen molar-refractivity contribution in [3.05, 3.63) is 74.0 Å². The van der Waals surface area contributed by atoms with Crippen LogP contribution in [0.25, 0.3) is 11.0 Å². The predicted octanol–water partition coefficient (Wildman–Crippen LogP) is 3.10. The number of nitrogens with zero attached hydrogens (tertiary/aromatic N) is 1. The molecule has 0 saturated heterocycles. The van der Waals surface area contributed by atoms with E-state index >= 15 is 0 Å². The van der Waals surface area contributed by atoms with Gasteiger partial charge in [-0.15, -0.1) is 0 Å². The van der Waals surface area contributed by atoms with Crippen LogP contribution >= 0.6 is 15.9 Å². The lowest BCUT2D eigenvalue weighted by Crippen LogP contribution is -2.32. The molecule has 1 amide bonds. The molecule has 2 aromatic carbocycles. The summed E-state index contributed by atoms with van der Waals surface area (Å²) in [7, 11) is 1.53. The molecule has 1 atom stereocenters. The van der Waals surface area contributed by atoms with E-state index in [9.17, 15) is 14.7 Å². The molecule has 138 valence electrons. The molecule has 1 aliphatic rings. The molecule has 1 aliphatic heterocycles. The van der Waals surface area contributed by atoms with Gasteiger partial charge in [0.15, 0.2) is 5.43 Å². The lowest BCUT2D eigenvalue weighted by molar-refractivity contribution is 0.0690. The minimum atomic E-state index is -0.685. The van der Waals surface area contributed by atoms with Gasteiger partial charge in [0.1, 0.15) is 11.3 Å². The minimum Gasteiger partial charge on any atom is -0.496 e. The number of hydrogen-bond donors (Lipinski definition) is 1. The zero-order chi connectivity index (χ0) is 19.1. The number of amides is 1. The van der Waals surface area contributed by atoms with Crippen molar-refractivity contribution in [3.63, 3.8) is 0 Å². The SMILES string of the molecule is COc1ccccc1[C@@H]1c2c(oc3ccc(Br)cc3c2=O)C(=O)N1CCO. The van der Waals surface area contributed by atoms with E-state index in [-0.39, 0.29) is 29.9 Å². The smallest absolute Gasteiger partial charge is 0.290 e. The third-order valence-corrected chi connectivity index (χ3v) is 5.20. The van der Waals surface area contributed by atoms with Crippen molar-refractivity contribution in [1.29, 1.82) is 0 Å². The van der Waals surface area contributed by atoms with Crippen LogP contribution in [-0.4, -0.2) is 36.2 Å². The molecular weight excluding hydrogens is 414 g/mol. The second-order valence-electron chi connectivity index (χ2n) is 6.18. The van der Waals surface area contributed by atoms with Crippen molar-refractivity contribution < 1.29 is 19.1 Å². The summed E-state index contributed by atoms with van der Waals surface area (Å²) in [6.07, 6.45) is 0. The Labute approximate surface area is 163 Å². The van der Waals surface area contributed by atoms with Crippen LogP contribution in [0.1, 0.15) is 27.7 Å². The fourth-order valence-electron chi connectivity index (χ4n) is 3.55. The number of hydrogen-bond acceptors (Lipinski definition) is 5. The normalized spacial score (nSPS) is 16.0. The van der Waals surface area contributed by atoms with Crippen LogP contribution in [0, 0.1) is 0 Å². The summed E-state index contributed by atoms with van der Waals surface area (Å²) in [5.74, 6) is 0.149. The van der Waals surface area contributed by atoms with Gasteiger partial charge in [0.25, 0.3) is 5.91 Å². The molecule has 0 spiro atoms. The fraction of sp³-hybridized carbons (Fsp3) is 0.200. The van der Waals surface area contributed by atoms with Gasteiger partial charge >= 0.3 is 0 Å². The Kier molecular flexibility index (Phi) is 4.49. The number of benzene rings is 2. The van der Waals surface area contributed by atoms with Gasteiger partial charge in [0.05, 0.1) is 30.7 Å². The summed E-state index contributed by atoms with van der Waals surface area (Å²) in [4.78, 5) is 27.7. The summed E-state index contributed by atoms with van der Waals surface area (Å²) in [5.41, 5.74) is 1.02. The summed E-state index contributed by atoms with van der Waals surface area (Å²) in [6.45, 7) is -0.157. The maximum absolute atomic E-state index is 13.3. The van der Waals surface area contributed by atoms with E-state index in [4.69, 9.17) is 9.15 Å². The van der Waals surface area contributed by atoms with E-state index in [2.05, 4.69) is 15.9 Å². The number of fused-ring (bicyclic) bond motifs is 2. The number of carbonyl (C=O) groups is 1. The average Bonchev–Trinajstić information content (AvgIpc) is 2.95. The van der Waals surface area contributed by atoms with Gasteiger partial charge in [-0.25, -0.2) is 0 Å². The third-order valence-electron chi connectivity index (χ3n) is 4.70. The predicted molar refractivity (Wildman–Crippen MR) is 103 cm³/mol. The summed E-state index contributed by atoms with van der Waals surface area (Å²) < 4.78 is 12.0. The van der Waals surface area contributed by atoms with Gasteiger partial charge in [-0.3, -0.25) is 9.59 Å². The fourth-order valence-corrected chi connectivity index (χ4v) is 3.91. The van der Waals surface area contributed by atoms with Gasteiger partial charge < -0.3 is 19.2 Å². The highest BCUT2D eigenvalue weighted by Crippen LogP contribution is 2.41. The Balaban J connectivity index is 2.04. The third kappa shape index (κ3) is 2.74. The Hall–Kier alpha value is -2.64. The van der Waals surface area contributed by atoms with E-state index in [0.29, 0.717) is 22.3 Å².